The van der Waals surface area contributed by atoms with Crippen molar-refractivity contribution in [2.24, 2.45) is 5.92 Å². The van der Waals surface area contributed by atoms with Gasteiger partial charge in [-0.3, -0.25) is 10.2 Å². The highest BCUT2D eigenvalue weighted by Gasteiger charge is 2.20. The molecule has 0 fully saturated rings. The van der Waals surface area contributed by atoms with E-state index < -0.39 is 6.03 Å². The molecule has 0 saturated carbocycles. The summed E-state index contributed by atoms with van der Waals surface area (Å²) in [5.41, 5.74) is 6.42. The third-order valence-corrected chi connectivity index (χ3v) is 5.61. The van der Waals surface area contributed by atoms with Crippen LogP contribution in [0.1, 0.15) is 33.5 Å². The lowest BCUT2D eigenvalue weighted by atomic mass is 9.90. The number of aryl methyl sites for hydroxylation is 1. The van der Waals surface area contributed by atoms with Crippen molar-refractivity contribution < 1.29 is 9.59 Å². The quantitative estimate of drug-likeness (QED) is 0.645. The number of thiophene rings is 1. The summed E-state index contributed by atoms with van der Waals surface area (Å²) >= 11 is 13.2. The molecule has 3 amide bonds. The van der Waals surface area contributed by atoms with Crippen molar-refractivity contribution in [1.82, 2.24) is 10.9 Å². The summed E-state index contributed by atoms with van der Waals surface area (Å²) in [5, 5.41) is 3.37. The van der Waals surface area contributed by atoms with Crippen molar-refractivity contribution >= 4 is 52.2 Å². The summed E-state index contributed by atoms with van der Waals surface area (Å²) < 4.78 is 0. The van der Waals surface area contributed by atoms with Gasteiger partial charge in [0.2, 0.25) is 0 Å². The Morgan fingerprint density at radius 1 is 1.12 bits per heavy atom. The number of hydrazine groups is 1. The number of carbonyl (C=O) groups excluding carboxylic acids is 2. The second kappa shape index (κ2) is 7.64. The van der Waals surface area contributed by atoms with Crippen LogP contribution in [0.15, 0.2) is 24.3 Å². The first-order valence-corrected chi connectivity index (χ1v) is 9.43. The molecule has 3 rings (SSSR count). The molecule has 1 atom stereocenters. The van der Waals surface area contributed by atoms with E-state index >= 15 is 0 Å². The van der Waals surface area contributed by atoms with Gasteiger partial charge in [0.1, 0.15) is 0 Å². The van der Waals surface area contributed by atoms with Crippen LogP contribution in [0.5, 0.6) is 0 Å². The molecular weight excluding hydrogens is 381 g/mol. The lowest BCUT2D eigenvalue weighted by molar-refractivity contribution is 0.0942. The maximum absolute atomic E-state index is 12.2. The maximum atomic E-state index is 12.2. The van der Waals surface area contributed by atoms with Gasteiger partial charge in [-0.15, -0.1) is 11.3 Å². The highest BCUT2D eigenvalue weighted by molar-refractivity contribution is 7.14. The van der Waals surface area contributed by atoms with Crippen LogP contribution in [-0.2, 0) is 12.8 Å². The van der Waals surface area contributed by atoms with Gasteiger partial charge in [0.05, 0.1) is 4.88 Å². The summed E-state index contributed by atoms with van der Waals surface area (Å²) in [6, 6.07) is 6.01. The Balaban J connectivity index is 1.56. The van der Waals surface area contributed by atoms with E-state index in [1.165, 1.54) is 21.8 Å². The number of carbonyl (C=O) groups is 2. The highest BCUT2D eigenvalue weighted by Crippen LogP contribution is 2.32. The largest absolute Gasteiger partial charge is 0.337 e. The predicted octanol–water partition coefficient (Wildman–Crippen LogP) is 4.65. The molecule has 1 heterocycles. The summed E-state index contributed by atoms with van der Waals surface area (Å²) in [4.78, 5) is 26.0. The van der Waals surface area contributed by atoms with Crippen LogP contribution >= 0.6 is 34.5 Å². The minimum atomic E-state index is -0.582. The average molecular weight is 398 g/mol. The SMILES string of the molecule is C[C@@H]1CCc2cc(C(=O)NNC(=O)Nc3cc(Cl)cc(Cl)c3)sc2C1. The van der Waals surface area contributed by atoms with Crippen molar-refractivity contribution in [2.75, 3.05) is 5.32 Å². The summed E-state index contributed by atoms with van der Waals surface area (Å²) in [6.45, 7) is 2.22. The number of halogens is 2. The fourth-order valence-corrected chi connectivity index (χ4v) is 4.54. The standard InChI is InChI=1S/C17H17Cl2N3O2S/c1-9-2-3-10-5-15(25-14(10)4-9)16(23)21-22-17(24)20-13-7-11(18)6-12(19)8-13/h5-9H,2-4H2,1H3,(H,21,23)(H2,20,22,24)/t9-/m1/s1. The minimum Gasteiger partial charge on any atom is -0.306 e. The summed E-state index contributed by atoms with van der Waals surface area (Å²) in [7, 11) is 0. The third kappa shape index (κ3) is 4.66. The van der Waals surface area contributed by atoms with E-state index in [-0.39, 0.29) is 5.91 Å². The number of urea groups is 1. The first-order valence-electron chi connectivity index (χ1n) is 7.85. The van der Waals surface area contributed by atoms with Gasteiger partial charge in [-0.25, -0.2) is 10.2 Å². The Morgan fingerprint density at radius 3 is 2.56 bits per heavy atom. The van der Waals surface area contributed by atoms with Crippen LogP contribution in [0.3, 0.4) is 0 Å². The molecule has 5 nitrogen and oxygen atoms in total. The van der Waals surface area contributed by atoms with Crippen molar-refractivity contribution in [2.45, 2.75) is 26.2 Å². The van der Waals surface area contributed by atoms with Crippen LogP contribution in [0.4, 0.5) is 10.5 Å². The molecule has 0 bridgehead atoms. The van der Waals surface area contributed by atoms with E-state index in [0.29, 0.717) is 26.5 Å². The van der Waals surface area contributed by atoms with Gasteiger partial charge in [0.25, 0.3) is 5.91 Å². The zero-order valence-corrected chi connectivity index (χ0v) is 15.8. The van der Waals surface area contributed by atoms with E-state index in [2.05, 4.69) is 23.1 Å². The molecule has 0 saturated heterocycles. The molecule has 0 radical (unpaired) electrons. The molecule has 25 heavy (non-hydrogen) atoms. The maximum Gasteiger partial charge on any atom is 0.337 e. The molecule has 0 unspecified atom stereocenters. The minimum absolute atomic E-state index is 0.327. The first kappa shape index (κ1) is 18.0. The first-order chi connectivity index (χ1) is 11.9. The van der Waals surface area contributed by atoms with Gasteiger partial charge in [-0.05, 0) is 55.0 Å². The fourth-order valence-electron chi connectivity index (χ4n) is 2.75. The van der Waals surface area contributed by atoms with E-state index in [4.69, 9.17) is 23.2 Å². The fraction of sp³-hybridized carbons (Fsp3) is 0.294. The van der Waals surface area contributed by atoms with Gasteiger partial charge in [-0.1, -0.05) is 30.1 Å². The van der Waals surface area contributed by atoms with Gasteiger partial charge in [-0.2, -0.15) is 0 Å². The Morgan fingerprint density at radius 2 is 1.84 bits per heavy atom. The lowest BCUT2D eigenvalue weighted by Gasteiger charge is -2.16. The van der Waals surface area contributed by atoms with Gasteiger partial charge in [0, 0.05) is 20.6 Å². The monoisotopic (exact) mass is 397 g/mol. The molecule has 0 spiro atoms. The van der Waals surface area contributed by atoms with Gasteiger partial charge >= 0.3 is 6.03 Å². The molecule has 1 aromatic heterocycles. The molecule has 1 aliphatic rings. The van der Waals surface area contributed by atoms with Crippen molar-refractivity contribution in [1.29, 1.82) is 0 Å². The number of nitrogens with one attached hydrogen (secondary N) is 3. The Labute approximate surface area is 159 Å². The van der Waals surface area contributed by atoms with E-state index in [1.807, 2.05) is 6.07 Å². The van der Waals surface area contributed by atoms with Crippen LogP contribution in [0.25, 0.3) is 0 Å². The van der Waals surface area contributed by atoms with Gasteiger partial charge in [0.15, 0.2) is 0 Å². The molecule has 1 aliphatic carbocycles. The average Bonchev–Trinajstić information content (AvgIpc) is 2.94. The Kier molecular flexibility index (Phi) is 5.51. The molecular formula is C17H17Cl2N3O2S. The van der Waals surface area contributed by atoms with Crippen LogP contribution in [-0.4, -0.2) is 11.9 Å². The van der Waals surface area contributed by atoms with Crippen LogP contribution < -0.4 is 16.2 Å². The number of anilines is 1. The number of hydrogen-bond acceptors (Lipinski definition) is 3. The number of benzene rings is 1. The smallest absolute Gasteiger partial charge is 0.306 e. The number of rotatable bonds is 2. The van der Waals surface area contributed by atoms with E-state index in [9.17, 15) is 9.59 Å². The molecule has 0 aliphatic heterocycles. The van der Waals surface area contributed by atoms with Crippen molar-refractivity contribution in [3.05, 3.63) is 49.6 Å². The molecule has 3 N–H and O–H groups in total. The topological polar surface area (TPSA) is 70.2 Å². The molecule has 2 aromatic rings. The molecule has 1 aromatic carbocycles. The Bertz CT molecular complexity index is 802. The number of amides is 3. The van der Waals surface area contributed by atoms with Gasteiger partial charge < -0.3 is 5.32 Å². The second-order valence-corrected chi connectivity index (χ2v) is 8.11. The van der Waals surface area contributed by atoms with Crippen LogP contribution in [0, 0.1) is 5.92 Å². The van der Waals surface area contributed by atoms with E-state index in [1.54, 1.807) is 18.2 Å². The zero-order valence-electron chi connectivity index (χ0n) is 13.5. The van der Waals surface area contributed by atoms with Crippen LogP contribution in [0.2, 0.25) is 10.0 Å². The highest BCUT2D eigenvalue weighted by atomic mass is 35.5. The van der Waals surface area contributed by atoms with Crippen molar-refractivity contribution in [3.8, 4) is 0 Å². The Hall–Kier alpha value is -1.76. The normalized spacial score (nSPS) is 16.0. The number of fused-ring (bicyclic) bond motifs is 1. The van der Waals surface area contributed by atoms with E-state index in [0.717, 1.165) is 19.3 Å². The number of hydrogen-bond donors (Lipinski definition) is 3. The zero-order chi connectivity index (χ0) is 18.0. The summed E-state index contributed by atoms with van der Waals surface area (Å²) in [6.07, 6.45) is 3.16. The summed E-state index contributed by atoms with van der Waals surface area (Å²) in [5.74, 6) is 0.321. The second-order valence-electron chi connectivity index (χ2n) is 6.10. The third-order valence-electron chi connectivity index (χ3n) is 3.97. The van der Waals surface area contributed by atoms with Crippen molar-refractivity contribution in [3.63, 3.8) is 0 Å². The predicted molar refractivity (Wildman–Crippen MR) is 102 cm³/mol. The molecule has 8 heteroatoms. The lowest BCUT2D eigenvalue weighted by Crippen LogP contribution is -2.43. The molecule has 132 valence electrons.